The van der Waals surface area contributed by atoms with Crippen LogP contribution in [0.2, 0.25) is 5.02 Å². The topological polar surface area (TPSA) is 31.4 Å². The number of hydrogen-bond donors (Lipinski definition) is 1. The van der Waals surface area contributed by atoms with Gasteiger partial charge in [-0.05, 0) is 105 Å². The third kappa shape index (κ3) is 4.01. The van der Waals surface area contributed by atoms with Gasteiger partial charge in [-0.1, -0.05) is 29.8 Å². The van der Waals surface area contributed by atoms with E-state index < -0.39 is 0 Å². The molecule has 1 fully saturated rings. The quantitative estimate of drug-likeness (QED) is 0.384. The zero-order valence-corrected chi connectivity index (χ0v) is 22.6. The number of thiocarbonyl (C=S) groups is 1. The summed E-state index contributed by atoms with van der Waals surface area (Å²) in [5, 5.41) is 4.96. The molecule has 1 saturated heterocycles. The number of likely N-dealkylation sites (N-methyl/N-ethyl adjacent to an activating group) is 1. The smallest absolute Gasteiger partial charge is 0.174 e. The second kappa shape index (κ2) is 8.65. The summed E-state index contributed by atoms with van der Waals surface area (Å²) in [6.45, 7) is 10.9. The van der Waals surface area contributed by atoms with Crippen molar-refractivity contribution in [1.29, 1.82) is 0 Å². The summed E-state index contributed by atoms with van der Waals surface area (Å²) in [4.78, 5) is 9.17. The van der Waals surface area contributed by atoms with E-state index in [9.17, 15) is 0 Å². The van der Waals surface area contributed by atoms with Crippen molar-refractivity contribution in [2.24, 2.45) is 0 Å². The van der Waals surface area contributed by atoms with E-state index in [0.717, 1.165) is 27.7 Å². The van der Waals surface area contributed by atoms with Gasteiger partial charge in [0.15, 0.2) is 5.11 Å². The maximum atomic E-state index is 7.09. The lowest BCUT2D eigenvalue weighted by Crippen LogP contribution is -2.42. The van der Waals surface area contributed by atoms with Crippen LogP contribution in [-0.2, 0) is 0 Å². The molecule has 0 radical (unpaired) electrons. The summed E-state index contributed by atoms with van der Waals surface area (Å²) >= 11 is 13.0. The standard InChI is InChI=1S/C29H31ClN4S/c1-17-10-11-20(13-18(17)2)34-27(26(32-28(34)35)24-9-7-8-12-31-24)22-14-21-19(3)16-29(4,5)33(6)25(21)15-23(22)30/h7-16,26-27H,1-6H3,(H,32,35)/t26-,27+/m1/s1. The Morgan fingerprint density at radius 3 is 2.49 bits per heavy atom. The van der Waals surface area contributed by atoms with Crippen molar-refractivity contribution in [3.63, 3.8) is 0 Å². The number of aryl methyl sites for hydroxylation is 2. The second-order valence-electron chi connectivity index (χ2n) is 10.2. The predicted molar refractivity (Wildman–Crippen MR) is 151 cm³/mol. The maximum absolute atomic E-state index is 7.09. The Labute approximate surface area is 218 Å². The molecule has 180 valence electrons. The Kier molecular flexibility index (Phi) is 5.89. The van der Waals surface area contributed by atoms with Crippen molar-refractivity contribution < 1.29 is 0 Å². The third-order valence-corrected chi connectivity index (χ3v) is 8.16. The summed E-state index contributed by atoms with van der Waals surface area (Å²) in [6, 6.07) is 16.6. The van der Waals surface area contributed by atoms with E-state index in [-0.39, 0.29) is 17.6 Å². The first-order chi connectivity index (χ1) is 16.6. The average Bonchev–Trinajstić information content (AvgIpc) is 3.16. The van der Waals surface area contributed by atoms with Crippen LogP contribution < -0.4 is 15.1 Å². The average molecular weight is 503 g/mol. The van der Waals surface area contributed by atoms with Crippen LogP contribution in [0.15, 0.2) is 60.8 Å². The van der Waals surface area contributed by atoms with E-state index in [2.05, 4.69) is 98.2 Å². The minimum absolute atomic E-state index is 0.0830. The van der Waals surface area contributed by atoms with Crippen LogP contribution in [0.25, 0.3) is 5.57 Å². The molecule has 1 N–H and O–H groups in total. The molecule has 4 nitrogen and oxygen atoms in total. The number of pyridine rings is 1. The number of anilines is 2. The number of halogens is 1. The molecule has 3 aromatic rings. The number of nitrogens with zero attached hydrogens (tertiary/aromatic N) is 3. The zero-order valence-electron chi connectivity index (χ0n) is 21.1. The van der Waals surface area contributed by atoms with Crippen LogP contribution in [0, 0.1) is 13.8 Å². The Morgan fingerprint density at radius 1 is 1.03 bits per heavy atom. The molecule has 2 aromatic carbocycles. The largest absolute Gasteiger partial charge is 0.365 e. The van der Waals surface area contributed by atoms with Crippen LogP contribution in [0.1, 0.15) is 60.8 Å². The Morgan fingerprint density at radius 2 is 1.80 bits per heavy atom. The van der Waals surface area contributed by atoms with Crippen molar-refractivity contribution in [1.82, 2.24) is 10.3 Å². The third-order valence-electron chi connectivity index (χ3n) is 7.52. The second-order valence-corrected chi connectivity index (χ2v) is 11.0. The molecule has 1 aromatic heterocycles. The van der Waals surface area contributed by atoms with Gasteiger partial charge < -0.3 is 15.1 Å². The Bertz CT molecular complexity index is 1350. The molecule has 0 bridgehead atoms. The van der Waals surface area contributed by atoms with E-state index in [1.807, 2.05) is 24.4 Å². The van der Waals surface area contributed by atoms with E-state index in [0.29, 0.717) is 5.11 Å². The van der Waals surface area contributed by atoms with Crippen molar-refractivity contribution in [3.8, 4) is 0 Å². The van der Waals surface area contributed by atoms with Gasteiger partial charge in [0.05, 0.1) is 23.3 Å². The van der Waals surface area contributed by atoms with E-state index in [1.54, 1.807) is 0 Å². The fourth-order valence-corrected chi connectivity index (χ4v) is 5.85. The molecule has 5 rings (SSSR count). The first-order valence-corrected chi connectivity index (χ1v) is 12.7. The minimum atomic E-state index is -0.148. The van der Waals surface area contributed by atoms with Crippen molar-refractivity contribution >= 4 is 45.9 Å². The molecular weight excluding hydrogens is 472 g/mol. The van der Waals surface area contributed by atoms with Crippen LogP contribution in [0.3, 0.4) is 0 Å². The van der Waals surface area contributed by atoms with Gasteiger partial charge in [-0.25, -0.2) is 0 Å². The lowest BCUT2D eigenvalue weighted by Gasteiger charge is -2.41. The first kappa shape index (κ1) is 23.8. The SMILES string of the molecule is CC1=CC(C)(C)N(C)c2cc(Cl)c([C@H]3[C@@H](c4ccccn4)NC(=S)N3c3ccc(C)c(C)c3)cc21. The molecule has 35 heavy (non-hydrogen) atoms. The van der Waals surface area contributed by atoms with E-state index in [4.69, 9.17) is 23.8 Å². The lowest BCUT2D eigenvalue weighted by molar-refractivity contribution is 0.567. The fourth-order valence-electron chi connectivity index (χ4n) is 5.24. The highest BCUT2D eigenvalue weighted by atomic mass is 35.5. The first-order valence-electron chi connectivity index (χ1n) is 11.9. The summed E-state index contributed by atoms with van der Waals surface area (Å²) in [5.41, 5.74) is 9.01. The number of allylic oxidation sites excluding steroid dienone is 1. The molecule has 0 amide bonds. The number of hydrogen-bond acceptors (Lipinski definition) is 3. The van der Waals surface area contributed by atoms with E-state index in [1.165, 1.54) is 22.3 Å². The molecule has 0 unspecified atom stereocenters. The van der Waals surface area contributed by atoms with Gasteiger partial charge in [0.1, 0.15) is 0 Å². The van der Waals surface area contributed by atoms with E-state index >= 15 is 0 Å². The molecule has 0 spiro atoms. The van der Waals surface area contributed by atoms with Crippen molar-refractivity contribution in [2.45, 2.75) is 52.2 Å². The van der Waals surface area contributed by atoms with Crippen LogP contribution in [0.5, 0.6) is 0 Å². The number of aromatic nitrogens is 1. The predicted octanol–water partition coefficient (Wildman–Crippen LogP) is 7.16. The molecule has 2 aliphatic heterocycles. The van der Waals surface area contributed by atoms with Crippen molar-refractivity contribution in [3.05, 3.63) is 93.8 Å². The molecule has 2 atom stereocenters. The highest BCUT2D eigenvalue weighted by Crippen LogP contribution is 2.48. The number of rotatable bonds is 3. The number of benzene rings is 2. The van der Waals surface area contributed by atoms with Gasteiger partial charge >= 0.3 is 0 Å². The minimum Gasteiger partial charge on any atom is -0.365 e. The van der Waals surface area contributed by atoms with Gasteiger partial charge in [0, 0.05) is 35.2 Å². The molecule has 3 heterocycles. The van der Waals surface area contributed by atoms with Crippen LogP contribution in [0.4, 0.5) is 11.4 Å². The fraction of sp³-hybridized carbons (Fsp3) is 0.310. The molecule has 0 aliphatic carbocycles. The van der Waals surface area contributed by atoms with Gasteiger partial charge in [0.25, 0.3) is 0 Å². The van der Waals surface area contributed by atoms with Crippen LogP contribution >= 0.6 is 23.8 Å². The number of fused-ring (bicyclic) bond motifs is 1. The van der Waals surface area contributed by atoms with Gasteiger partial charge in [0.2, 0.25) is 0 Å². The Balaban J connectivity index is 1.71. The van der Waals surface area contributed by atoms with Gasteiger partial charge in [-0.3, -0.25) is 4.98 Å². The molecule has 2 aliphatic rings. The van der Waals surface area contributed by atoms with Crippen molar-refractivity contribution in [2.75, 3.05) is 16.8 Å². The van der Waals surface area contributed by atoms with Crippen LogP contribution in [-0.4, -0.2) is 22.7 Å². The molecular formula is C29H31ClN4S. The zero-order chi connectivity index (χ0) is 25.1. The highest BCUT2D eigenvalue weighted by Gasteiger charge is 2.42. The monoisotopic (exact) mass is 502 g/mol. The summed E-state index contributed by atoms with van der Waals surface area (Å²) < 4.78 is 0. The molecule has 6 heteroatoms. The van der Waals surface area contributed by atoms with Gasteiger partial charge in [-0.2, -0.15) is 0 Å². The summed E-state index contributed by atoms with van der Waals surface area (Å²) in [5.74, 6) is 0. The maximum Gasteiger partial charge on any atom is 0.174 e. The molecule has 0 saturated carbocycles. The number of nitrogens with one attached hydrogen (secondary N) is 1. The highest BCUT2D eigenvalue weighted by molar-refractivity contribution is 7.80. The lowest BCUT2D eigenvalue weighted by atomic mass is 9.86. The normalized spacial score (nSPS) is 21.0. The summed E-state index contributed by atoms with van der Waals surface area (Å²) in [7, 11) is 2.13. The Hall–Kier alpha value is -2.89. The van der Waals surface area contributed by atoms with Gasteiger partial charge in [-0.15, -0.1) is 0 Å². The summed E-state index contributed by atoms with van der Waals surface area (Å²) in [6.07, 6.45) is 4.15.